The van der Waals surface area contributed by atoms with Crippen LogP contribution in [0.1, 0.15) is 31.0 Å². The molecule has 1 aliphatic carbocycles. The number of aromatic nitrogens is 2. The van der Waals surface area contributed by atoms with Crippen LogP contribution >= 0.6 is 34.2 Å². The molecule has 0 amide bonds. The second-order valence-corrected chi connectivity index (χ2v) is 8.17. The summed E-state index contributed by atoms with van der Waals surface area (Å²) in [5.41, 5.74) is 0.223. The predicted molar refractivity (Wildman–Crippen MR) is 115 cm³/mol. The molecule has 144 valence electrons. The summed E-state index contributed by atoms with van der Waals surface area (Å²) in [5.74, 6) is -0.497. The van der Waals surface area contributed by atoms with Crippen molar-refractivity contribution in [3.05, 3.63) is 68.6 Å². The monoisotopic (exact) mass is 508 g/mol. The number of hydrogen-bond acceptors (Lipinski definition) is 5. The van der Waals surface area contributed by atoms with Crippen molar-refractivity contribution in [1.82, 2.24) is 9.97 Å². The molecule has 0 aliphatic heterocycles. The van der Waals surface area contributed by atoms with E-state index in [9.17, 15) is 4.79 Å². The highest BCUT2D eigenvalue weighted by molar-refractivity contribution is 14.1. The molecule has 0 N–H and O–H groups in total. The Bertz CT molecular complexity index is 1030. The topological polar surface area (TPSA) is 61.3 Å². The molecular formula is C21H18ClIN2O3. The standard InChI is InChI=1S/C21H18ClIN2O3/c1-2-27-19(26)21(28-15-9-10-15,13-6-4-3-5-7-13)18-16-12-14(23)8-11-17(16)24-20(22)25-18/h3-8,11-12,15H,2,9-10H2,1H3/t21-/m1/s1. The molecule has 1 fully saturated rings. The Hall–Kier alpha value is -1.77. The number of carbonyl (C=O) groups excluding carboxylic acids is 1. The molecule has 0 radical (unpaired) electrons. The summed E-state index contributed by atoms with van der Waals surface area (Å²) in [7, 11) is 0. The van der Waals surface area contributed by atoms with Gasteiger partial charge in [0.15, 0.2) is 0 Å². The Morgan fingerprint density at radius 1 is 1.21 bits per heavy atom. The molecule has 2 aromatic carbocycles. The Morgan fingerprint density at radius 2 is 1.96 bits per heavy atom. The zero-order valence-corrected chi connectivity index (χ0v) is 18.1. The number of halogens is 2. The van der Waals surface area contributed by atoms with Crippen molar-refractivity contribution in [2.24, 2.45) is 0 Å². The van der Waals surface area contributed by atoms with E-state index in [1.54, 1.807) is 6.92 Å². The first-order chi connectivity index (χ1) is 13.5. The van der Waals surface area contributed by atoms with Crippen LogP contribution in [0.2, 0.25) is 5.28 Å². The minimum Gasteiger partial charge on any atom is -0.463 e. The molecule has 1 aliphatic rings. The molecule has 7 heteroatoms. The van der Waals surface area contributed by atoms with E-state index in [-0.39, 0.29) is 18.0 Å². The van der Waals surface area contributed by atoms with Gasteiger partial charge in [0.25, 0.3) is 0 Å². The molecule has 0 bridgehead atoms. The van der Waals surface area contributed by atoms with Crippen molar-refractivity contribution in [2.75, 3.05) is 6.61 Å². The third-order valence-electron chi connectivity index (χ3n) is 4.57. The van der Waals surface area contributed by atoms with Crippen molar-refractivity contribution in [3.63, 3.8) is 0 Å². The summed E-state index contributed by atoms with van der Waals surface area (Å²) in [6, 6.07) is 15.1. The number of esters is 1. The second kappa shape index (κ2) is 7.93. The van der Waals surface area contributed by atoms with Gasteiger partial charge in [-0.05, 0) is 72.2 Å². The van der Waals surface area contributed by atoms with Crippen LogP contribution in [-0.2, 0) is 19.9 Å². The van der Waals surface area contributed by atoms with E-state index < -0.39 is 11.6 Å². The predicted octanol–water partition coefficient (Wildman–Crippen LogP) is 4.87. The maximum absolute atomic E-state index is 13.4. The fraction of sp³-hybridized carbons (Fsp3) is 0.286. The number of fused-ring (bicyclic) bond motifs is 1. The summed E-state index contributed by atoms with van der Waals surface area (Å²) < 4.78 is 12.9. The molecule has 0 saturated heterocycles. The third kappa shape index (κ3) is 3.60. The van der Waals surface area contributed by atoms with Gasteiger partial charge in [-0.1, -0.05) is 30.3 Å². The normalized spacial score (nSPS) is 16.0. The fourth-order valence-corrected chi connectivity index (χ4v) is 3.87. The van der Waals surface area contributed by atoms with Crippen molar-refractivity contribution < 1.29 is 14.3 Å². The zero-order valence-electron chi connectivity index (χ0n) is 15.2. The Kier molecular flexibility index (Phi) is 5.53. The van der Waals surface area contributed by atoms with E-state index in [1.807, 2.05) is 48.5 Å². The minimum atomic E-state index is -1.51. The first kappa shape index (κ1) is 19.5. The van der Waals surface area contributed by atoms with Gasteiger partial charge in [-0.3, -0.25) is 0 Å². The lowest BCUT2D eigenvalue weighted by molar-refractivity contribution is -0.170. The lowest BCUT2D eigenvalue weighted by Crippen LogP contribution is -2.43. The summed E-state index contributed by atoms with van der Waals surface area (Å²) >= 11 is 8.48. The number of rotatable bonds is 6. The number of hydrogen-bond donors (Lipinski definition) is 0. The maximum atomic E-state index is 13.4. The summed E-state index contributed by atoms with van der Waals surface area (Å²) in [6.07, 6.45) is 1.75. The number of nitrogens with zero attached hydrogens (tertiary/aromatic N) is 2. The van der Waals surface area contributed by atoms with Crippen LogP contribution in [0.3, 0.4) is 0 Å². The average Bonchev–Trinajstić information content (AvgIpc) is 3.51. The summed E-state index contributed by atoms with van der Waals surface area (Å²) in [4.78, 5) is 22.2. The zero-order chi connectivity index (χ0) is 19.7. The van der Waals surface area contributed by atoms with Gasteiger partial charge in [0, 0.05) is 14.5 Å². The highest BCUT2D eigenvalue weighted by Gasteiger charge is 2.51. The van der Waals surface area contributed by atoms with Crippen LogP contribution in [0.5, 0.6) is 0 Å². The first-order valence-corrected chi connectivity index (χ1v) is 10.5. The van der Waals surface area contributed by atoms with Gasteiger partial charge in [-0.2, -0.15) is 0 Å². The minimum absolute atomic E-state index is 0.0313. The van der Waals surface area contributed by atoms with E-state index in [1.165, 1.54) is 0 Å². The molecule has 0 unspecified atom stereocenters. The first-order valence-electron chi connectivity index (χ1n) is 9.08. The molecule has 1 heterocycles. The molecule has 1 aromatic heterocycles. The molecule has 1 saturated carbocycles. The summed E-state index contributed by atoms with van der Waals surface area (Å²) in [6.45, 7) is 2.01. The molecule has 0 spiro atoms. The molecule has 28 heavy (non-hydrogen) atoms. The smallest absolute Gasteiger partial charge is 0.349 e. The molecule has 4 rings (SSSR count). The van der Waals surface area contributed by atoms with Gasteiger partial charge < -0.3 is 9.47 Å². The van der Waals surface area contributed by atoms with E-state index in [2.05, 4.69) is 32.6 Å². The van der Waals surface area contributed by atoms with Crippen LogP contribution in [0.25, 0.3) is 10.9 Å². The maximum Gasteiger partial charge on any atom is 0.349 e. The highest BCUT2D eigenvalue weighted by Crippen LogP contribution is 2.43. The van der Waals surface area contributed by atoms with Crippen LogP contribution < -0.4 is 0 Å². The van der Waals surface area contributed by atoms with Gasteiger partial charge >= 0.3 is 5.97 Å². The van der Waals surface area contributed by atoms with Crippen LogP contribution in [0.15, 0.2) is 48.5 Å². The van der Waals surface area contributed by atoms with E-state index in [0.717, 1.165) is 16.4 Å². The van der Waals surface area contributed by atoms with Crippen molar-refractivity contribution >= 4 is 51.1 Å². The van der Waals surface area contributed by atoms with E-state index in [0.29, 0.717) is 22.2 Å². The van der Waals surface area contributed by atoms with Crippen molar-refractivity contribution in [3.8, 4) is 0 Å². The third-order valence-corrected chi connectivity index (χ3v) is 5.42. The second-order valence-electron chi connectivity index (χ2n) is 6.59. The van der Waals surface area contributed by atoms with E-state index >= 15 is 0 Å². The number of benzene rings is 2. The SMILES string of the molecule is CCOC(=O)[C@@](OC1CC1)(c1ccccc1)c1nc(Cl)nc2ccc(I)cc12. The Labute approximate surface area is 181 Å². The van der Waals surface area contributed by atoms with Crippen LogP contribution in [0.4, 0.5) is 0 Å². The highest BCUT2D eigenvalue weighted by atomic mass is 127. The van der Waals surface area contributed by atoms with Crippen molar-refractivity contribution in [2.45, 2.75) is 31.5 Å². The number of carbonyl (C=O) groups is 1. The lowest BCUT2D eigenvalue weighted by Gasteiger charge is -2.32. The largest absolute Gasteiger partial charge is 0.463 e. The Morgan fingerprint density at radius 3 is 2.64 bits per heavy atom. The lowest BCUT2D eigenvalue weighted by atomic mass is 9.87. The van der Waals surface area contributed by atoms with Gasteiger partial charge in [-0.15, -0.1) is 0 Å². The van der Waals surface area contributed by atoms with Crippen LogP contribution in [-0.4, -0.2) is 28.6 Å². The number of ether oxygens (including phenoxy) is 2. The molecule has 3 aromatic rings. The summed E-state index contributed by atoms with van der Waals surface area (Å²) in [5, 5.41) is 0.779. The fourth-order valence-electron chi connectivity index (χ4n) is 3.21. The van der Waals surface area contributed by atoms with Crippen molar-refractivity contribution in [1.29, 1.82) is 0 Å². The average molecular weight is 509 g/mol. The molecule has 1 atom stereocenters. The molecule has 5 nitrogen and oxygen atoms in total. The molecular weight excluding hydrogens is 491 g/mol. The van der Waals surface area contributed by atoms with E-state index in [4.69, 9.17) is 21.1 Å². The van der Waals surface area contributed by atoms with Gasteiger partial charge in [0.05, 0.1) is 18.2 Å². The Balaban J connectivity index is 2.06. The quantitative estimate of drug-likeness (QED) is 0.270. The van der Waals surface area contributed by atoms with Gasteiger partial charge in [-0.25, -0.2) is 14.8 Å². The van der Waals surface area contributed by atoms with Crippen LogP contribution in [0, 0.1) is 3.57 Å². The van der Waals surface area contributed by atoms with Gasteiger partial charge in [0.1, 0.15) is 5.69 Å². The van der Waals surface area contributed by atoms with Gasteiger partial charge in [0.2, 0.25) is 10.9 Å².